The van der Waals surface area contributed by atoms with Crippen molar-refractivity contribution in [1.82, 2.24) is 9.80 Å². The van der Waals surface area contributed by atoms with Crippen LogP contribution < -0.4 is 5.32 Å². The van der Waals surface area contributed by atoms with Crippen LogP contribution in [0.25, 0.3) is 0 Å². The van der Waals surface area contributed by atoms with Gasteiger partial charge >= 0.3 is 6.18 Å². The fourth-order valence-corrected chi connectivity index (χ4v) is 2.85. The van der Waals surface area contributed by atoms with Gasteiger partial charge in [0.25, 0.3) is 0 Å². The van der Waals surface area contributed by atoms with Crippen molar-refractivity contribution in [2.45, 2.75) is 19.1 Å². The number of carbonyl (C=O) groups is 2. The largest absolute Gasteiger partial charge is 0.417 e. The fraction of sp³-hybridized carbons (Fsp3) is 0.529. The number of benzene rings is 1. The SMILES string of the molecule is CC(C(=O)N1CCOCC1)N(C)CC(=O)Nc1ccc(Cl)c(C(F)(F)F)c1. The predicted octanol–water partition coefficient (Wildman–Crippen LogP) is 2.48. The van der Waals surface area contributed by atoms with Crippen LogP contribution in [0.4, 0.5) is 18.9 Å². The average molecular weight is 408 g/mol. The third kappa shape index (κ3) is 5.82. The Hall–Kier alpha value is -1.84. The van der Waals surface area contributed by atoms with Crippen LogP contribution in [-0.2, 0) is 20.5 Å². The summed E-state index contributed by atoms with van der Waals surface area (Å²) in [6.07, 6.45) is -4.62. The number of halogens is 4. The van der Waals surface area contributed by atoms with Gasteiger partial charge in [0.1, 0.15) is 0 Å². The lowest BCUT2D eigenvalue weighted by atomic mass is 10.2. The number of carbonyl (C=O) groups excluding carboxylic acids is 2. The standard InChI is InChI=1S/C17H21ClF3N3O3/c1-11(16(26)24-5-7-27-8-6-24)23(2)10-15(25)22-12-3-4-14(18)13(9-12)17(19,20)21/h3-4,9,11H,5-8,10H2,1-2H3,(H,22,25). The molecule has 1 aromatic carbocycles. The molecule has 1 aromatic rings. The molecule has 27 heavy (non-hydrogen) atoms. The van der Waals surface area contributed by atoms with E-state index in [0.29, 0.717) is 26.3 Å². The summed E-state index contributed by atoms with van der Waals surface area (Å²) < 4.78 is 43.9. The molecule has 1 N–H and O–H groups in total. The Morgan fingerprint density at radius 3 is 2.56 bits per heavy atom. The second-order valence-electron chi connectivity index (χ2n) is 6.27. The van der Waals surface area contributed by atoms with E-state index in [0.717, 1.165) is 12.1 Å². The molecule has 0 spiro atoms. The Bertz CT molecular complexity index is 694. The average Bonchev–Trinajstić information content (AvgIpc) is 2.61. The smallest absolute Gasteiger partial charge is 0.378 e. The minimum Gasteiger partial charge on any atom is -0.378 e. The molecule has 1 unspecified atom stereocenters. The Morgan fingerprint density at radius 2 is 1.96 bits per heavy atom. The van der Waals surface area contributed by atoms with Crippen LogP contribution in [0.15, 0.2) is 18.2 Å². The maximum absolute atomic E-state index is 12.9. The van der Waals surface area contributed by atoms with Gasteiger partial charge in [-0.3, -0.25) is 14.5 Å². The number of morpholine rings is 1. The molecule has 1 aliphatic heterocycles. The summed E-state index contributed by atoms with van der Waals surface area (Å²) in [7, 11) is 1.60. The maximum Gasteiger partial charge on any atom is 0.417 e. The first-order valence-electron chi connectivity index (χ1n) is 8.33. The first kappa shape index (κ1) is 21.5. The van der Waals surface area contributed by atoms with Gasteiger partial charge in [0.05, 0.1) is 36.4 Å². The molecule has 0 bridgehead atoms. The van der Waals surface area contributed by atoms with Crippen molar-refractivity contribution in [3.05, 3.63) is 28.8 Å². The molecule has 2 rings (SSSR count). The number of alkyl halides is 3. The first-order valence-corrected chi connectivity index (χ1v) is 8.70. The van der Waals surface area contributed by atoms with Crippen LogP contribution in [0.5, 0.6) is 0 Å². The van der Waals surface area contributed by atoms with Crippen LogP contribution in [0.2, 0.25) is 5.02 Å². The van der Waals surface area contributed by atoms with E-state index >= 15 is 0 Å². The van der Waals surface area contributed by atoms with Crippen molar-refractivity contribution in [3.8, 4) is 0 Å². The van der Waals surface area contributed by atoms with E-state index in [9.17, 15) is 22.8 Å². The van der Waals surface area contributed by atoms with E-state index < -0.39 is 28.7 Å². The third-order valence-corrected chi connectivity index (χ3v) is 4.62. The maximum atomic E-state index is 12.9. The Kier molecular flexibility index (Phi) is 7.07. The summed E-state index contributed by atoms with van der Waals surface area (Å²) in [4.78, 5) is 27.8. The predicted molar refractivity (Wildman–Crippen MR) is 94.6 cm³/mol. The van der Waals surface area contributed by atoms with Gasteiger partial charge in [0.15, 0.2) is 0 Å². The van der Waals surface area contributed by atoms with Gasteiger partial charge in [-0.1, -0.05) is 11.6 Å². The summed E-state index contributed by atoms with van der Waals surface area (Å²) in [5.74, 6) is -0.658. The number of hydrogen-bond acceptors (Lipinski definition) is 4. The lowest BCUT2D eigenvalue weighted by molar-refractivity contribution is -0.140. The number of nitrogens with zero attached hydrogens (tertiary/aromatic N) is 2. The zero-order valence-corrected chi connectivity index (χ0v) is 15.7. The molecule has 150 valence electrons. The molecular formula is C17H21ClF3N3O3. The summed E-state index contributed by atoms with van der Waals surface area (Å²) in [5.41, 5.74) is -1.04. The molecule has 1 saturated heterocycles. The molecule has 0 aromatic heterocycles. The van der Waals surface area contributed by atoms with Gasteiger partial charge in [-0.15, -0.1) is 0 Å². The van der Waals surface area contributed by atoms with Crippen molar-refractivity contribution in [3.63, 3.8) is 0 Å². The van der Waals surface area contributed by atoms with Crippen molar-refractivity contribution in [2.24, 2.45) is 0 Å². The lowest BCUT2D eigenvalue weighted by Crippen LogP contribution is -2.50. The molecule has 2 amide bonds. The van der Waals surface area contributed by atoms with Gasteiger partial charge in [0, 0.05) is 18.8 Å². The summed E-state index contributed by atoms with van der Waals surface area (Å²) >= 11 is 5.56. The highest BCUT2D eigenvalue weighted by Gasteiger charge is 2.33. The van der Waals surface area contributed by atoms with Gasteiger partial charge in [-0.2, -0.15) is 13.2 Å². The summed E-state index contributed by atoms with van der Waals surface area (Å²) in [6.45, 7) is 3.46. The van der Waals surface area contributed by atoms with Crippen molar-refractivity contribution >= 4 is 29.1 Å². The molecule has 1 aliphatic rings. The number of rotatable bonds is 5. The zero-order chi connectivity index (χ0) is 20.2. The van der Waals surface area contributed by atoms with Crippen molar-refractivity contribution in [1.29, 1.82) is 0 Å². The normalized spacial score (nSPS) is 16.3. The van der Waals surface area contributed by atoms with Gasteiger partial charge < -0.3 is 15.0 Å². The molecule has 0 saturated carbocycles. The van der Waals surface area contributed by atoms with E-state index in [1.807, 2.05) is 0 Å². The molecule has 1 atom stereocenters. The van der Waals surface area contributed by atoms with Gasteiger partial charge in [-0.25, -0.2) is 0 Å². The van der Waals surface area contributed by atoms with Crippen LogP contribution >= 0.6 is 11.6 Å². The number of amides is 2. The fourth-order valence-electron chi connectivity index (χ4n) is 2.62. The van der Waals surface area contributed by atoms with Crippen molar-refractivity contribution < 1.29 is 27.5 Å². The number of ether oxygens (including phenoxy) is 1. The number of anilines is 1. The van der Waals surface area contributed by atoms with E-state index in [1.165, 1.54) is 11.0 Å². The van der Waals surface area contributed by atoms with E-state index in [2.05, 4.69) is 5.32 Å². The number of nitrogens with one attached hydrogen (secondary N) is 1. The minimum absolute atomic E-state index is 0.0164. The quantitative estimate of drug-likeness (QED) is 0.814. The zero-order valence-electron chi connectivity index (χ0n) is 15.0. The van der Waals surface area contributed by atoms with Crippen molar-refractivity contribution in [2.75, 3.05) is 45.2 Å². The van der Waals surface area contributed by atoms with E-state index in [4.69, 9.17) is 16.3 Å². The second kappa shape index (κ2) is 8.90. The van der Waals surface area contributed by atoms with Gasteiger partial charge in [0.2, 0.25) is 11.8 Å². The molecule has 0 radical (unpaired) electrons. The van der Waals surface area contributed by atoms with Crippen LogP contribution in [0.1, 0.15) is 12.5 Å². The summed E-state index contributed by atoms with van der Waals surface area (Å²) in [6, 6.07) is 2.60. The highest BCUT2D eigenvalue weighted by atomic mass is 35.5. The molecule has 1 fully saturated rings. The Morgan fingerprint density at radius 1 is 1.33 bits per heavy atom. The third-order valence-electron chi connectivity index (χ3n) is 4.29. The molecule has 6 nitrogen and oxygen atoms in total. The summed E-state index contributed by atoms with van der Waals surface area (Å²) in [5, 5.41) is 1.96. The van der Waals surface area contributed by atoms with E-state index in [1.54, 1.807) is 18.9 Å². The highest BCUT2D eigenvalue weighted by Crippen LogP contribution is 2.36. The van der Waals surface area contributed by atoms with Gasteiger partial charge in [-0.05, 0) is 32.2 Å². The first-order chi connectivity index (χ1) is 12.6. The van der Waals surface area contributed by atoms with Crippen LogP contribution in [0, 0.1) is 0 Å². The lowest BCUT2D eigenvalue weighted by Gasteiger charge is -2.32. The molecule has 10 heteroatoms. The Balaban J connectivity index is 1.95. The van der Waals surface area contributed by atoms with Crippen LogP contribution in [-0.4, -0.2) is 67.6 Å². The Labute approximate surface area is 160 Å². The second-order valence-corrected chi connectivity index (χ2v) is 6.68. The molecule has 1 heterocycles. The monoisotopic (exact) mass is 407 g/mol. The van der Waals surface area contributed by atoms with E-state index in [-0.39, 0.29) is 18.1 Å². The molecular weight excluding hydrogens is 387 g/mol. The number of hydrogen-bond donors (Lipinski definition) is 1. The number of likely N-dealkylation sites (N-methyl/N-ethyl adjacent to an activating group) is 1. The van der Waals surface area contributed by atoms with Crippen LogP contribution in [0.3, 0.4) is 0 Å². The molecule has 0 aliphatic carbocycles. The highest BCUT2D eigenvalue weighted by molar-refractivity contribution is 6.31. The topological polar surface area (TPSA) is 61.9 Å². The minimum atomic E-state index is -4.62.